The summed E-state index contributed by atoms with van der Waals surface area (Å²) in [6, 6.07) is 1.83. The van der Waals surface area contributed by atoms with Crippen LogP contribution in [0.1, 0.15) is 23.9 Å². The molecule has 1 fully saturated rings. The number of halogens is 1. The minimum absolute atomic E-state index is 0.00739. The molecule has 1 N–H and O–H groups in total. The normalized spacial score (nSPS) is 24.1. The van der Waals surface area contributed by atoms with E-state index < -0.39 is 0 Å². The first-order chi connectivity index (χ1) is 8.24. The number of Topliss-reactive ketones (excluding diaryl/α,β-unsaturated/α-hetero) is 1. The summed E-state index contributed by atoms with van der Waals surface area (Å²) < 4.78 is 11.3. The molecule has 0 saturated carbocycles. The van der Waals surface area contributed by atoms with Gasteiger partial charge in [-0.3, -0.25) is 4.79 Å². The van der Waals surface area contributed by atoms with Crippen molar-refractivity contribution in [2.75, 3.05) is 19.8 Å². The first-order valence-corrected chi connectivity index (χ1v) is 6.61. The van der Waals surface area contributed by atoms with Crippen molar-refractivity contribution in [2.24, 2.45) is 5.92 Å². The maximum Gasteiger partial charge on any atom is 0.206 e. The first kappa shape index (κ1) is 12.8. The van der Waals surface area contributed by atoms with Gasteiger partial charge < -0.3 is 14.5 Å². The van der Waals surface area contributed by atoms with Gasteiger partial charge in [0.2, 0.25) is 5.78 Å². The summed E-state index contributed by atoms with van der Waals surface area (Å²) in [5.74, 6) is 0.251. The van der Waals surface area contributed by atoms with Crippen molar-refractivity contribution < 1.29 is 13.9 Å². The highest BCUT2D eigenvalue weighted by atomic mass is 79.9. The Hall–Kier alpha value is -0.650. The van der Waals surface area contributed by atoms with Gasteiger partial charge in [0.15, 0.2) is 5.76 Å². The van der Waals surface area contributed by atoms with Gasteiger partial charge in [0.05, 0.1) is 29.9 Å². The Morgan fingerprint density at radius 1 is 1.59 bits per heavy atom. The van der Waals surface area contributed by atoms with Crippen LogP contribution < -0.4 is 5.32 Å². The molecular weight excluding hydrogens is 286 g/mol. The van der Waals surface area contributed by atoms with Crippen LogP contribution in [0.5, 0.6) is 0 Å². The zero-order valence-corrected chi connectivity index (χ0v) is 11.3. The van der Waals surface area contributed by atoms with Crippen LogP contribution in [0.2, 0.25) is 0 Å². The number of ketones is 1. The molecular formula is C12H16BrNO3. The summed E-state index contributed by atoms with van der Waals surface area (Å²) in [7, 11) is 0. The number of rotatable bonds is 5. The van der Waals surface area contributed by atoms with Crippen LogP contribution in [-0.2, 0) is 4.74 Å². The van der Waals surface area contributed by atoms with Crippen molar-refractivity contribution in [2.45, 2.75) is 19.4 Å². The van der Waals surface area contributed by atoms with Crippen molar-refractivity contribution in [3.8, 4) is 0 Å². The fourth-order valence-electron chi connectivity index (χ4n) is 1.98. The van der Waals surface area contributed by atoms with Crippen molar-refractivity contribution in [1.29, 1.82) is 0 Å². The predicted octanol–water partition coefficient (Wildman–Crippen LogP) is 2.24. The predicted molar refractivity (Wildman–Crippen MR) is 67.1 cm³/mol. The third-order valence-electron chi connectivity index (χ3n) is 2.91. The summed E-state index contributed by atoms with van der Waals surface area (Å²) in [5.41, 5.74) is 0. The van der Waals surface area contributed by atoms with Crippen LogP contribution in [0.15, 0.2) is 21.2 Å². The van der Waals surface area contributed by atoms with Gasteiger partial charge in [0.25, 0.3) is 0 Å². The van der Waals surface area contributed by atoms with E-state index in [9.17, 15) is 4.79 Å². The fraction of sp³-hybridized carbons (Fsp3) is 0.583. The number of hydrogen-bond donors (Lipinski definition) is 1. The molecule has 0 spiro atoms. The zero-order valence-electron chi connectivity index (χ0n) is 9.74. The highest BCUT2D eigenvalue weighted by Gasteiger charge is 2.36. The highest BCUT2D eigenvalue weighted by molar-refractivity contribution is 9.10. The smallest absolute Gasteiger partial charge is 0.206 e. The van der Waals surface area contributed by atoms with Gasteiger partial charge >= 0.3 is 0 Å². The summed E-state index contributed by atoms with van der Waals surface area (Å²) in [6.45, 7) is 4.06. The van der Waals surface area contributed by atoms with E-state index in [1.807, 2.05) is 0 Å². The Morgan fingerprint density at radius 3 is 3.06 bits per heavy atom. The maximum atomic E-state index is 12.3. The molecule has 0 aliphatic carbocycles. The lowest BCUT2D eigenvalue weighted by molar-refractivity contribution is 0.0862. The standard InChI is InChI=1S/C12H16BrNO3/c1-2-4-14-10-7-16-6-8(10)11(15)12-9(13)3-5-17-12/h3,5,8,10,14H,2,4,6-7H2,1H3. The highest BCUT2D eigenvalue weighted by Crippen LogP contribution is 2.25. The molecule has 17 heavy (non-hydrogen) atoms. The van der Waals surface area contributed by atoms with E-state index in [1.165, 1.54) is 6.26 Å². The quantitative estimate of drug-likeness (QED) is 0.848. The number of carbonyl (C=O) groups excluding carboxylic acids is 1. The molecule has 5 heteroatoms. The van der Waals surface area contributed by atoms with Crippen molar-refractivity contribution in [3.63, 3.8) is 0 Å². The number of ether oxygens (including phenoxy) is 1. The van der Waals surface area contributed by atoms with E-state index in [0.29, 0.717) is 23.4 Å². The van der Waals surface area contributed by atoms with Crippen molar-refractivity contribution in [1.82, 2.24) is 5.32 Å². The average Bonchev–Trinajstić information content (AvgIpc) is 2.94. The molecule has 2 unspecified atom stereocenters. The van der Waals surface area contributed by atoms with E-state index in [0.717, 1.165) is 13.0 Å². The lowest BCUT2D eigenvalue weighted by atomic mass is 9.97. The second-order valence-electron chi connectivity index (χ2n) is 4.17. The topological polar surface area (TPSA) is 51.5 Å². The molecule has 0 bridgehead atoms. The van der Waals surface area contributed by atoms with E-state index >= 15 is 0 Å². The number of furan rings is 1. The van der Waals surface area contributed by atoms with Crippen LogP contribution >= 0.6 is 15.9 Å². The molecule has 0 radical (unpaired) electrons. The van der Waals surface area contributed by atoms with E-state index in [4.69, 9.17) is 9.15 Å². The van der Waals surface area contributed by atoms with Gasteiger partial charge in [-0.1, -0.05) is 6.92 Å². The third kappa shape index (κ3) is 2.78. The molecule has 1 aromatic rings. The van der Waals surface area contributed by atoms with E-state index in [2.05, 4.69) is 28.2 Å². The molecule has 94 valence electrons. The van der Waals surface area contributed by atoms with E-state index in [1.54, 1.807) is 6.07 Å². The van der Waals surface area contributed by atoms with Gasteiger partial charge in [0.1, 0.15) is 0 Å². The molecule has 1 aliphatic rings. The molecule has 2 rings (SSSR count). The van der Waals surface area contributed by atoms with Gasteiger partial charge in [0, 0.05) is 6.04 Å². The summed E-state index contributed by atoms with van der Waals surface area (Å²) in [5, 5.41) is 3.34. The zero-order chi connectivity index (χ0) is 12.3. The average molecular weight is 302 g/mol. The van der Waals surface area contributed by atoms with Crippen molar-refractivity contribution in [3.05, 3.63) is 22.6 Å². The molecule has 2 atom stereocenters. The van der Waals surface area contributed by atoms with Crippen LogP contribution in [-0.4, -0.2) is 31.6 Å². The molecule has 0 aromatic carbocycles. The monoisotopic (exact) mass is 301 g/mol. The summed E-state index contributed by atoms with van der Waals surface area (Å²) in [4.78, 5) is 12.3. The summed E-state index contributed by atoms with van der Waals surface area (Å²) in [6.07, 6.45) is 2.56. The number of hydrogen-bond acceptors (Lipinski definition) is 4. The minimum Gasteiger partial charge on any atom is -0.460 e. The Bertz CT molecular complexity index is 391. The Kier molecular flexibility index (Phi) is 4.36. The van der Waals surface area contributed by atoms with Gasteiger partial charge in [-0.05, 0) is 35.0 Å². The molecule has 0 amide bonds. The largest absolute Gasteiger partial charge is 0.460 e. The molecule has 1 saturated heterocycles. The van der Waals surface area contributed by atoms with Crippen LogP contribution in [0, 0.1) is 5.92 Å². The Morgan fingerprint density at radius 2 is 2.41 bits per heavy atom. The number of carbonyl (C=O) groups is 1. The first-order valence-electron chi connectivity index (χ1n) is 5.82. The van der Waals surface area contributed by atoms with E-state index in [-0.39, 0.29) is 17.7 Å². The Labute approximate surface area is 109 Å². The van der Waals surface area contributed by atoms with Gasteiger partial charge in [-0.2, -0.15) is 0 Å². The third-order valence-corrected chi connectivity index (χ3v) is 3.54. The van der Waals surface area contributed by atoms with Crippen LogP contribution in [0.25, 0.3) is 0 Å². The molecule has 4 nitrogen and oxygen atoms in total. The van der Waals surface area contributed by atoms with Crippen LogP contribution in [0.3, 0.4) is 0 Å². The van der Waals surface area contributed by atoms with Gasteiger partial charge in [-0.25, -0.2) is 0 Å². The van der Waals surface area contributed by atoms with Crippen molar-refractivity contribution >= 4 is 21.7 Å². The second kappa shape index (κ2) is 5.80. The fourth-order valence-corrected chi connectivity index (χ4v) is 2.38. The minimum atomic E-state index is -0.149. The second-order valence-corrected chi connectivity index (χ2v) is 5.02. The number of nitrogens with one attached hydrogen (secondary N) is 1. The lowest BCUT2D eigenvalue weighted by Crippen LogP contribution is -2.39. The van der Waals surface area contributed by atoms with Crippen LogP contribution in [0.4, 0.5) is 0 Å². The maximum absolute atomic E-state index is 12.3. The SMILES string of the molecule is CCCNC1COCC1C(=O)c1occc1Br. The molecule has 1 aromatic heterocycles. The summed E-state index contributed by atoms with van der Waals surface area (Å²) >= 11 is 3.31. The lowest BCUT2D eigenvalue weighted by Gasteiger charge is -2.16. The van der Waals surface area contributed by atoms with Gasteiger partial charge in [-0.15, -0.1) is 0 Å². The molecule has 1 aliphatic heterocycles. The Balaban J connectivity index is 2.06. The molecule has 2 heterocycles.